The number of esters is 1. The molecule has 11 heteroatoms. The number of carbonyl (C=O) groups is 1. The van der Waals surface area contributed by atoms with E-state index in [0.717, 1.165) is 67.3 Å². The van der Waals surface area contributed by atoms with Crippen LogP contribution in [0.25, 0.3) is 16.4 Å². The maximum atomic E-state index is 15.0. The van der Waals surface area contributed by atoms with Crippen LogP contribution in [0.5, 0.6) is 0 Å². The van der Waals surface area contributed by atoms with Crippen LogP contribution in [0, 0.1) is 29.5 Å². The van der Waals surface area contributed by atoms with Crippen molar-refractivity contribution < 1.29 is 22.3 Å². The molecule has 0 bridgehead atoms. The first kappa shape index (κ1) is 30.2. The van der Waals surface area contributed by atoms with Gasteiger partial charge >= 0.3 is 5.97 Å². The van der Waals surface area contributed by atoms with Crippen molar-refractivity contribution in [2.75, 3.05) is 6.61 Å². The zero-order chi connectivity index (χ0) is 30.8. The van der Waals surface area contributed by atoms with Gasteiger partial charge in [0.05, 0.1) is 28.5 Å². The SMILES string of the molecule is CCOC(=O)c1csc(-n2nc(-c3ccc(F)c(C#CC4CCCC4)c3)c(Cc3ccc(S(N)(=O)=O)cc3)c2CC2CC2)n1. The lowest BCUT2D eigenvalue weighted by Gasteiger charge is -2.09. The number of rotatable bonds is 9. The maximum absolute atomic E-state index is 15.0. The van der Waals surface area contributed by atoms with Crippen molar-refractivity contribution in [2.45, 2.75) is 63.2 Å². The Hall–Kier alpha value is -3.85. The smallest absolute Gasteiger partial charge is 0.357 e. The fourth-order valence-electron chi connectivity index (χ4n) is 5.55. The lowest BCUT2D eigenvalue weighted by atomic mass is 9.96. The molecule has 0 saturated heterocycles. The molecule has 0 atom stereocenters. The molecule has 2 aromatic carbocycles. The Morgan fingerprint density at radius 2 is 1.89 bits per heavy atom. The fourth-order valence-corrected chi connectivity index (χ4v) is 6.83. The molecule has 0 spiro atoms. The number of hydrogen-bond acceptors (Lipinski definition) is 7. The van der Waals surface area contributed by atoms with Crippen molar-refractivity contribution in [1.29, 1.82) is 0 Å². The average Bonchev–Trinajstić information content (AvgIpc) is 3.35. The maximum Gasteiger partial charge on any atom is 0.357 e. The number of carbonyl (C=O) groups excluding carboxylic acids is 1. The van der Waals surface area contributed by atoms with Gasteiger partial charge in [0.25, 0.3) is 0 Å². The summed E-state index contributed by atoms with van der Waals surface area (Å²) in [6.45, 7) is 1.99. The Morgan fingerprint density at radius 3 is 2.57 bits per heavy atom. The van der Waals surface area contributed by atoms with Gasteiger partial charge in [-0.2, -0.15) is 5.10 Å². The predicted octanol–water partition coefficient (Wildman–Crippen LogP) is 6.04. The first-order valence-electron chi connectivity index (χ1n) is 14.9. The molecular formula is C33H33FN4O4S2. The molecule has 2 aromatic heterocycles. The molecule has 0 amide bonds. The third-order valence-electron chi connectivity index (χ3n) is 8.07. The highest BCUT2D eigenvalue weighted by atomic mass is 32.2. The first-order chi connectivity index (χ1) is 21.2. The molecule has 0 radical (unpaired) electrons. The van der Waals surface area contributed by atoms with Crippen molar-refractivity contribution in [3.63, 3.8) is 0 Å². The Morgan fingerprint density at radius 1 is 1.14 bits per heavy atom. The average molecular weight is 633 g/mol. The van der Waals surface area contributed by atoms with Crippen molar-refractivity contribution in [3.8, 4) is 28.2 Å². The first-order valence-corrected chi connectivity index (χ1v) is 17.3. The summed E-state index contributed by atoms with van der Waals surface area (Å²) in [7, 11) is -3.83. The van der Waals surface area contributed by atoms with E-state index in [-0.39, 0.29) is 28.9 Å². The van der Waals surface area contributed by atoms with Gasteiger partial charge in [-0.05, 0) is 80.8 Å². The molecule has 2 fully saturated rings. The molecule has 2 aliphatic rings. The van der Waals surface area contributed by atoms with Gasteiger partial charge in [0, 0.05) is 28.8 Å². The second-order valence-electron chi connectivity index (χ2n) is 11.4. The van der Waals surface area contributed by atoms with E-state index < -0.39 is 16.0 Å². The second-order valence-corrected chi connectivity index (χ2v) is 13.8. The minimum Gasteiger partial charge on any atom is -0.461 e. The minimum atomic E-state index is -3.83. The molecule has 2 saturated carbocycles. The zero-order valence-electron chi connectivity index (χ0n) is 24.4. The summed E-state index contributed by atoms with van der Waals surface area (Å²) in [5.41, 5.74) is 4.66. The quantitative estimate of drug-likeness (QED) is 0.178. The number of benzene rings is 2. The summed E-state index contributed by atoms with van der Waals surface area (Å²) >= 11 is 1.30. The van der Waals surface area contributed by atoms with Crippen LogP contribution < -0.4 is 5.14 Å². The van der Waals surface area contributed by atoms with Crippen LogP contribution in [0.4, 0.5) is 4.39 Å². The third kappa shape index (κ3) is 6.78. The van der Waals surface area contributed by atoms with Crippen LogP contribution in [0.3, 0.4) is 0 Å². The molecule has 4 aromatic rings. The highest BCUT2D eigenvalue weighted by Gasteiger charge is 2.29. The molecular weight excluding hydrogens is 600 g/mol. The molecule has 6 rings (SSSR count). The number of aromatic nitrogens is 3. The van der Waals surface area contributed by atoms with E-state index >= 15 is 0 Å². The van der Waals surface area contributed by atoms with Crippen LogP contribution in [0.15, 0.2) is 52.7 Å². The Kier molecular flexibility index (Phi) is 8.67. The fraction of sp³-hybridized carbons (Fsp3) is 0.364. The van der Waals surface area contributed by atoms with Crippen LogP contribution >= 0.6 is 11.3 Å². The van der Waals surface area contributed by atoms with Crippen LogP contribution in [-0.4, -0.2) is 35.8 Å². The Balaban J connectivity index is 1.47. The zero-order valence-corrected chi connectivity index (χ0v) is 26.0. The standard InChI is InChI=1S/C33H33FN4O4S2/c1-2-42-32(39)29-20-43-33(36-29)38-30(18-23-7-8-23)27(17-22-10-14-26(15-11-22)44(35,40)41)31(37-38)25-13-16-28(34)24(19-25)12-9-21-5-3-4-6-21/h10-11,13-16,19-21,23H,2-8,17-18H2,1H3,(H2,35,40,41). The second kappa shape index (κ2) is 12.6. The van der Waals surface area contributed by atoms with Gasteiger partial charge in [0.2, 0.25) is 15.2 Å². The summed E-state index contributed by atoms with van der Waals surface area (Å²) in [5.74, 6) is 6.26. The van der Waals surface area contributed by atoms with Crippen LogP contribution in [-0.2, 0) is 27.6 Å². The number of halogens is 1. The highest BCUT2D eigenvalue weighted by Crippen LogP contribution is 2.38. The van der Waals surface area contributed by atoms with Gasteiger partial charge in [0.15, 0.2) is 5.69 Å². The molecule has 2 aliphatic carbocycles. The number of primary sulfonamides is 1. The van der Waals surface area contributed by atoms with Crippen LogP contribution in [0.1, 0.15) is 78.3 Å². The van der Waals surface area contributed by atoms with E-state index in [2.05, 4.69) is 16.8 Å². The Bertz CT molecular complexity index is 1860. The van der Waals surface area contributed by atoms with Crippen LogP contribution in [0.2, 0.25) is 0 Å². The molecule has 228 valence electrons. The van der Waals surface area contributed by atoms with E-state index in [1.807, 2.05) is 0 Å². The molecule has 0 unspecified atom stereocenters. The topological polar surface area (TPSA) is 117 Å². The van der Waals surface area contributed by atoms with E-state index in [4.69, 9.17) is 15.0 Å². The van der Waals surface area contributed by atoms with Crippen molar-refractivity contribution in [1.82, 2.24) is 14.8 Å². The molecule has 0 aliphatic heterocycles. The number of nitrogens with zero attached hydrogens (tertiary/aromatic N) is 3. The van der Waals surface area contributed by atoms with Crippen molar-refractivity contribution >= 4 is 27.3 Å². The van der Waals surface area contributed by atoms with Gasteiger partial charge < -0.3 is 4.74 Å². The largest absolute Gasteiger partial charge is 0.461 e. The molecule has 2 N–H and O–H groups in total. The summed E-state index contributed by atoms with van der Waals surface area (Å²) in [5, 5.41) is 12.6. The number of sulfonamides is 1. The van der Waals surface area contributed by atoms with E-state index in [9.17, 15) is 17.6 Å². The summed E-state index contributed by atoms with van der Waals surface area (Å²) < 4.78 is 45.6. The highest BCUT2D eigenvalue weighted by molar-refractivity contribution is 7.89. The number of nitrogens with two attached hydrogens (primary N) is 1. The van der Waals surface area contributed by atoms with Gasteiger partial charge in [-0.3, -0.25) is 0 Å². The van der Waals surface area contributed by atoms with E-state index in [0.29, 0.717) is 28.7 Å². The predicted molar refractivity (Wildman–Crippen MR) is 166 cm³/mol. The monoisotopic (exact) mass is 632 g/mol. The molecule has 8 nitrogen and oxygen atoms in total. The van der Waals surface area contributed by atoms with Gasteiger partial charge in [-0.15, -0.1) is 11.3 Å². The number of ether oxygens (including phenoxy) is 1. The molecule has 44 heavy (non-hydrogen) atoms. The Labute approximate surface area is 260 Å². The summed E-state index contributed by atoms with van der Waals surface area (Å²) in [6, 6.07) is 11.4. The van der Waals surface area contributed by atoms with E-state index in [1.165, 1.54) is 29.5 Å². The van der Waals surface area contributed by atoms with Gasteiger partial charge in [-0.25, -0.2) is 32.4 Å². The van der Waals surface area contributed by atoms with E-state index in [1.54, 1.807) is 41.3 Å². The molecule has 2 heterocycles. The lowest BCUT2D eigenvalue weighted by molar-refractivity contribution is 0.0520. The van der Waals surface area contributed by atoms with Crippen molar-refractivity contribution in [3.05, 3.63) is 81.7 Å². The number of thiazole rings is 1. The normalized spacial score (nSPS) is 15.2. The summed E-state index contributed by atoms with van der Waals surface area (Å²) in [6.07, 6.45) is 7.79. The lowest BCUT2D eigenvalue weighted by Crippen LogP contribution is -2.12. The summed E-state index contributed by atoms with van der Waals surface area (Å²) in [4.78, 5) is 17.0. The van der Waals surface area contributed by atoms with Gasteiger partial charge in [0.1, 0.15) is 5.82 Å². The third-order valence-corrected chi connectivity index (χ3v) is 9.81. The van der Waals surface area contributed by atoms with Gasteiger partial charge in [-0.1, -0.05) is 36.8 Å². The minimum absolute atomic E-state index is 0.0358. The van der Waals surface area contributed by atoms with Crippen molar-refractivity contribution in [2.24, 2.45) is 17.0 Å². The number of hydrogen-bond donors (Lipinski definition) is 1.